The van der Waals surface area contributed by atoms with Gasteiger partial charge in [0, 0.05) is 11.3 Å². The Balaban J connectivity index is 2.79. The van der Waals surface area contributed by atoms with Gasteiger partial charge in [0.05, 0.1) is 0 Å². The summed E-state index contributed by atoms with van der Waals surface area (Å²) in [5.41, 5.74) is 0.0422. The fraction of sp³-hybridized carbons (Fsp3) is 0.929. The molecule has 0 unspecified atom stereocenters. The SMILES string of the molecule is CC(C)CC1(C(=O)C(C)C)CCCCC1. The first-order valence-corrected chi connectivity index (χ1v) is 6.52. The molecule has 1 aliphatic carbocycles. The van der Waals surface area contributed by atoms with Gasteiger partial charge in [0.1, 0.15) is 5.78 Å². The van der Waals surface area contributed by atoms with Gasteiger partial charge in [-0.05, 0) is 25.2 Å². The van der Waals surface area contributed by atoms with Gasteiger partial charge in [-0.3, -0.25) is 4.79 Å². The van der Waals surface area contributed by atoms with Crippen LogP contribution in [0.4, 0.5) is 0 Å². The van der Waals surface area contributed by atoms with E-state index in [2.05, 4.69) is 27.7 Å². The second-order valence-electron chi connectivity index (χ2n) is 5.96. The summed E-state index contributed by atoms with van der Waals surface area (Å²) in [6, 6.07) is 0. The molecule has 1 nitrogen and oxygen atoms in total. The van der Waals surface area contributed by atoms with Crippen molar-refractivity contribution in [1.82, 2.24) is 0 Å². The summed E-state index contributed by atoms with van der Waals surface area (Å²) in [5.74, 6) is 1.38. The van der Waals surface area contributed by atoms with Crippen molar-refractivity contribution in [2.75, 3.05) is 0 Å². The van der Waals surface area contributed by atoms with E-state index in [1.54, 1.807) is 0 Å². The first kappa shape index (κ1) is 12.7. The lowest BCUT2D eigenvalue weighted by Crippen LogP contribution is -2.37. The van der Waals surface area contributed by atoms with E-state index in [-0.39, 0.29) is 11.3 Å². The quantitative estimate of drug-likeness (QED) is 0.679. The Kier molecular flexibility index (Phi) is 4.36. The van der Waals surface area contributed by atoms with E-state index in [1.165, 1.54) is 19.3 Å². The summed E-state index contributed by atoms with van der Waals surface area (Å²) in [4.78, 5) is 12.4. The lowest BCUT2D eigenvalue weighted by Gasteiger charge is -2.38. The van der Waals surface area contributed by atoms with Gasteiger partial charge in [-0.2, -0.15) is 0 Å². The van der Waals surface area contributed by atoms with E-state index >= 15 is 0 Å². The predicted octanol–water partition coefficient (Wildman–Crippen LogP) is 4.21. The van der Waals surface area contributed by atoms with Crippen LogP contribution in [0, 0.1) is 17.3 Å². The molecule has 0 saturated heterocycles. The highest BCUT2D eigenvalue weighted by Crippen LogP contribution is 2.43. The molecule has 0 bridgehead atoms. The minimum atomic E-state index is 0.0422. The zero-order valence-electron chi connectivity index (χ0n) is 10.8. The standard InChI is InChI=1S/C14H26O/c1-11(2)10-14(13(15)12(3)4)8-6-5-7-9-14/h11-12H,5-10H2,1-4H3. The minimum Gasteiger partial charge on any atom is -0.299 e. The molecule has 1 fully saturated rings. The van der Waals surface area contributed by atoms with Gasteiger partial charge in [0.2, 0.25) is 0 Å². The van der Waals surface area contributed by atoms with Crippen molar-refractivity contribution in [3.05, 3.63) is 0 Å². The summed E-state index contributed by atoms with van der Waals surface area (Å²) >= 11 is 0. The van der Waals surface area contributed by atoms with Crippen LogP contribution >= 0.6 is 0 Å². The van der Waals surface area contributed by atoms with Gasteiger partial charge in [-0.25, -0.2) is 0 Å². The molecule has 15 heavy (non-hydrogen) atoms. The molecule has 0 aromatic heterocycles. The third-order valence-corrected chi connectivity index (χ3v) is 3.66. The molecule has 88 valence electrons. The fourth-order valence-electron chi connectivity index (χ4n) is 3.17. The number of ketones is 1. The van der Waals surface area contributed by atoms with E-state index in [0.717, 1.165) is 19.3 Å². The molecule has 0 aromatic carbocycles. The van der Waals surface area contributed by atoms with Gasteiger partial charge in [-0.15, -0.1) is 0 Å². The molecule has 1 aliphatic rings. The van der Waals surface area contributed by atoms with Crippen LogP contribution in [0.1, 0.15) is 66.2 Å². The van der Waals surface area contributed by atoms with Crippen molar-refractivity contribution in [3.63, 3.8) is 0 Å². The molecule has 1 rings (SSSR count). The average molecular weight is 210 g/mol. The largest absolute Gasteiger partial charge is 0.299 e. The molecular weight excluding hydrogens is 184 g/mol. The molecule has 1 heteroatoms. The Bertz CT molecular complexity index is 209. The van der Waals surface area contributed by atoms with Crippen molar-refractivity contribution in [1.29, 1.82) is 0 Å². The predicted molar refractivity (Wildman–Crippen MR) is 64.8 cm³/mol. The molecule has 0 radical (unpaired) electrons. The highest BCUT2D eigenvalue weighted by atomic mass is 16.1. The number of rotatable bonds is 4. The average Bonchev–Trinajstić information content (AvgIpc) is 2.16. The van der Waals surface area contributed by atoms with Gasteiger partial charge in [0.25, 0.3) is 0 Å². The van der Waals surface area contributed by atoms with Crippen LogP contribution in [0.5, 0.6) is 0 Å². The number of hydrogen-bond acceptors (Lipinski definition) is 1. The first-order chi connectivity index (χ1) is 6.98. The van der Waals surface area contributed by atoms with E-state index in [4.69, 9.17) is 0 Å². The van der Waals surface area contributed by atoms with Crippen molar-refractivity contribution < 1.29 is 4.79 Å². The van der Waals surface area contributed by atoms with Crippen molar-refractivity contribution in [3.8, 4) is 0 Å². The van der Waals surface area contributed by atoms with Crippen LogP contribution in [0.25, 0.3) is 0 Å². The molecule has 1 saturated carbocycles. The maximum Gasteiger partial charge on any atom is 0.141 e. The van der Waals surface area contributed by atoms with E-state index < -0.39 is 0 Å². The number of hydrogen-bond donors (Lipinski definition) is 0. The van der Waals surface area contributed by atoms with Crippen LogP contribution in [0.2, 0.25) is 0 Å². The second-order valence-corrected chi connectivity index (χ2v) is 5.96. The van der Waals surface area contributed by atoms with Crippen LogP contribution < -0.4 is 0 Å². The van der Waals surface area contributed by atoms with Gasteiger partial charge < -0.3 is 0 Å². The Labute approximate surface area is 94.6 Å². The third kappa shape index (κ3) is 3.06. The van der Waals surface area contributed by atoms with Gasteiger partial charge in [-0.1, -0.05) is 47.0 Å². The molecule has 0 atom stereocenters. The van der Waals surface area contributed by atoms with Crippen molar-refractivity contribution in [2.24, 2.45) is 17.3 Å². The zero-order chi connectivity index (χ0) is 11.5. The summed E-state index contributed by atoms with van der Waals surface area (Å²) < 4.78 is 0. The van der Waals surface area contributed by atoms with Crippen LogP contribution in [-0.4, -0.2) is 5.78 Å². The van der Waals surface area contributed by atoms with Crippen LogP contribution in [0.15, 0.2) is 0 Å². The highest BCUT2D eigenvalue weighted by Gasteiger charge is 2.40. The maximum atomic E-state index is 12.4. The number of carbonyl (C=O) groups is 1. The van der Waals surface area contributed by atoms with Crippen molar-refractivity contribution in [2.45, 2.75) is 66.2 Å². The highest BCUT2D eigenvalue weighted by molar-refractivity contribution is 5.86. The van der Waals surface area contributed by atoms with E-state index in [1.807, 2.05) is 0 Å². The molecule has 0 amide bonds. The third-order valence-electron chi connectivity index (χ3n) is 3.66. The molecule has 0 aromatic rings. The number of carbonyl (C=O) groups excluding carboxylic acids is 1. The molecule has 0 aliphatic heterocycles. The minimum absolute atomic E-state index is 0.0422. The lowest BCUT2D eigenvalue weighted by atomic mass is 9.65. The Morgan fingerprint density at radius 2 is 1.60 bits per heavy atom. The summed E-state index contributed by atoms with van der Waals surface area (Å²) in [7, 11) is 0. The normalized spacial score (nSPS) is 20.9. The summed E-state index contributed by atoms with van der Waals surface area (Å²) in [6.07, 6.45) is 7.22. The molecule has 0 spiro atoms. The van der Waals surface area contributed by atoms with E-state index in [9.17, 15) is 4.79 Å². The number of Topliss-reactive ketones (excluding diaryl/α,β-unsaturated/α-hetero) is 1. The molecule has 0 heterocycles. The Morgan fingerprint density at radius 1 is 1.07 bits per heavy atom. The smallest absolute Gasteiger partial charge is 0.141 e. The fourth-order valence-corrected chi connectivity index (χ4v) is 3.17. The Hall–Kier alpha value is -0.330. The topological polar surface area (TPSA) is 17.1 Å². The van der Waals surface area contributed by atoms with Crippen LogP contribution in [0.3, 0.4) is 0 Å². The molecule has 0 N–H and O–H groups in total. The summed E-state index contributed by atoms with van der Waals surface area (Å²) in [5, 5.41) is 0. The van der Waals surface area contributed by atoms with Gasteiger partial charge >= 0.3 is 0 Å². The van der Waals surface area contributed by atoms with Gasteiger partial charge in [0.15, 0.2) is 0 Å². The zero-order valence-corrected chi connectivity index (χ0v) is 10.8. The van der Waals surface area contributed by atoms with Crippen molar-refractivity contribution >= 4 is 5.78 Å². The Morgan fingerprint density at radius 3 is 2.00 bits per heavy atom. The second kappa shape index (κ2) is 5.14. The van der Waals surface area contributed by atoms with Crippen LogP contribution in [-0.2, 0) is 4.79 Å². The monoisotopic (exact) mass is 210 g/mol. The lowest BCUT2D eigenvalue weighted by molar-refractivity contribution is -0.135. The summed E-state index contributed by atoms with van der Waals surface area (Å²) in [6.45, 7) is 8.59. The first-order valence-electron chi connectivity index (χ1n) is 6.52. The molecular formula is C14H26O. The van der Waals surface area contributed by atoms with E-state index in [0.29, 0.717) is 11.7 Å². The maximum absolute atomic E-state index is 12.4.